The molecule has 0 spiro atoms. The molecule has 7 nitrogen and oxygen atoms in total. The van der Waals surface area contributed by atoms with Gasteiger partial charge in [0.2, 0.25) is 5.91 Å². The van der Waals surface area contributed by atoms with E-state index in [2.05, 4.69) is 25.6 Å². The number of aromatic amines is 1. The van der Waals surface area contributed by atoms with Gasteiger partial charge in [0.05, 0.1) is 36.2 Å². The number of H-pyrrole nitrogens is 1. The third-order valence-electron chi connectivity index (χ3n) is 4.88. The fourth-order valence-electron chi connectivity index (χ4n) is 3.59. The number of nitrogens with one attached hydrogen (secondary N) is 2. The molecule has 0 aliphatic carbocycles. The van der Waals surface area contributed by atoms with Crippen molar-refractivity contribution in [3.63, 3.8) is 0 Å². The molecule has 1 atom stereocenters. The number of nitrogens with zero attached hydrogens (tertiary/aromatic N) is 3. The Morgan fingerprint density at radius 3 is 3.22 bits per heavy atom. The van der Waals surface area contributed by atoms with Crippen molar-refractivity contribution in [2.24, 2.45) is 0 Å². The fraction of sp³-hybridized carbons (Fsp3) is 0.421. The molecule has 0 aromatic carbocycles. The van der Waals surface area contributed by atoms with E-state index in [-0.39, 0.29) is 5.91 Å². The van der Waals surface area contributed by atoms with Gasteiger partial charge in [0.25, 0.3) is 0 Å². The number of hydrogen-bond donors (Lipinski definition) is 2. The van der Waals surface area contributed by atoms with Gasteiger partial charge in [-0.2, -0.15) is 5.10 Å². The number of aromatic nitrogens is 3. The molecular weight excluding hydrogens is 362 g/mol. The molecule has 2 N–H and O–H groups in total. The highest BCUT2D eigenvalue weighted by atomic mass is 32.1. The van der Waals surface area contributed by atoms with E-state index in [1.807, 2.05) is 30.5 Å². The summed E-state index contributed by atoms with van der Waals surface area (Å²) < 4.78 is 5.41. The van der Waals surface area contributed by atoms with Crippen LogP contribution in [0.5, 0.6) is 0 Å². The highest BCUT2D eigenvalue weighted by Crippen LogP contribution is 2.33. The Hall–Kier alpha value is -2.45. The molecule has 0 unspecified atom stereocenters. The fourth-order valence-corrected chi connectivity index (χ4v) is 4.23. The molecule has 0 saturated carbocycles. The predicted octanol–water partition coefficient (Wildman–Crippen LogP) is 2.93. The zero-order chi connectivity index (χ0) is 18.6. The van der Waals surface area contributed by atoms with Crippen molar-refractivity contribution < 1.29 is 9.32 Å². The van der Waals surface area contributed by atoms with Crippen molar-refractivity contribution in [3.05, 3.63) is 46.0 Å². The van der Waals surface area contributed by atoms with Crippen molar-refractivity contribution >= 4 is 17.2 Å². The van der Waals surface area contributed by atoms with Crippen LogP contribution in [0.3, 0.4) is 0 Å². The average molecular weight is 385 g/mol. The first-order chi connectivity index (χ1) is 13.2. The maximum atomic E-state index is 12.3. The van der Waals surface area contributed by atoms with E-state index in [0.717, 1.165) is 48.6 Å². The lowest BCUT2D eigenvalue weighted by Gasteiger charge is -2.32. The summed E-state index contributed by atoms with van der Waals surface area (Å²) >= 11 is 1.66. The average Bonchev–Trinajstić information content (AvgIpc) is 3.41. The van der Waals surface area contributed by atoms with E-state index >= 15 is 0 Å². The Morgan fingerprint density at radius 1 is 1.52 bits per heavy atom. The third-order valence-corrected chi connectivity index (χ3v) is 5.76. The first-order valence-electron chi connectivity index (χ1n) is 9.17. The van der Waals surface area contributed by atoms with Crippen molar-refractivity contribution in [3.8, 4) is 11.3 Å². The molecule has 1 fully saturated rings. The van der Waals surface area contributed by atoms with E-state index in [1.54, 1.807) is 17.5 Å². The molecule has 3 aromatic rings. The molecule has 0 bridgehead atoms. The van der Waals surface area contributed by atoms with Crippen LogP contribution in [0.25, 0.3) is 11.3 Å². The largest absolute Gasteiger partial charge is 0.356 e. The van der Waals surface area contributed by atoms with Gasteiger partial charge < -0.3 is 9.84 Å². The number of amides is 1. The summed E-state index contributed by atoms with van der Waals surface area (Å²) in [4.78, 5) is 15.7. The maximum absolute atomic E-state index is 12.3. The molecule has 8 heteroatoms. The lowest BCUT2D eigenvalue weighted by molar-refractivity contribution is -0.122. The Bertz CT molecular complexity index is 886. The van der Waals surface area contributed by atoms with Crippen LogP contribution in [-0.4, -0.2) is 45.8 Å². The van der Waals surface area contributed by atoms with Crippen molar-refractivity contribution in [1.82, 2.24) is 25.6 Å². The smallest absolute Gasteiger partial charge is 0.234 e. The molecule has 1 amide bonds. The van der Waals surface area contributed by atoms with Crippen LogP contribution in [0, 0.1) is 6.92 Å². The van der Waals surface area contributed by atoms with Gasteiger partial charge in [-0.05, 0) is 37.8 Å². The summed E-state index contributed by atoms with van der Waals surface area (Å²) in [6.45, 7) is 4.70. The summed E-state index contributed by atoms with van der Waals surface area (Å²) in [5, 5.41) is 16.4. The summed E-state index contributed by atoms with van der Waals surface area (Å²) in [6.07, 6.45) is 3.91. The first kappa shape index (κ1) is 17.9. The molecule has 142 valence electrons. The van der Waals surface area contributed by atoms with Gasteiger partial charge >= 0.3 is 0 Å². The first-order valence-corrected chi connectivity index (χ1v) is 10.1. The van der Waals surface area contributed by atoms with E-state index in [0.29, 0.717) is 19.0 Å². The number of piperidine rings is 1. The molecule has 1 saturated heterocycles. The van der Waals surface area contributed by atoms with Gasteiger partial charge in [0.1, 0.15) is 0 Å². The topological polar surface area (TPSA) is 87.0 Å². The number of likely N-dealkylation sites (tertiary alicyclic amines) is 1. The molecule has 1 aliphatic rings. The molecule has 3 aromatic heterocycles. The molecule has 27 heavy (non-hydrogen) atoms. The normalized spacial score (nSPS) is 17.9. The van der Waals surface area contributed by atoms with Gasteiger partial charge in [0.15, 0.2) is 5.76 Å². The quantitative estimate of drug-likeness (QED) is 0.681. The van der Waals surface area contributed by atoms with Crippen molar-refractivity contribution in [2.75, 3.05) is 19.6 Å². The third kappa shape index (κ3) is 4.28. The second kappa shape index (κ2) is 8.06. The Balaban J connectivity index is 1.37. The minimum Gasteiger partial charge on any atom is -0.356 e. The van der Waals surface area contributed by atoms with E-state index in [4.69, 9.17) is 4.52 Å². The minimum atomic E-state index is 0.0692. The number of rotatable bonds is 6. The second-order valence-electron chi connectivity index (χ2n) is 6.96. The van der Waals surface area contributed by atoms with Gasteiger partial charge in [-0.15, -0.1) is 11.3 Å². The Morgan fingerprint density at radius 2 is 2.44 bits per heavy atom. The molecule has 4 rings (SSSR count). The van der Waals surface area contributed by atoms with Gasteiger partial charge in [-0.25, -0.2) is 0 Å². The highest BCUT2D eigenvalue weighted by molar-refractivity contribution is 7.09. The van der Waals surface area contributed by atoms with Crippen molar-refractivity contribution in [2.45, 2.75) is 32.2 Å². The van der Waals surface area contributed by atoms with E-state index in [1.165, 1.54) is 4.88 Å². The number of thiophene rings is 1. The standard InChI is InChI=1S/C19H23N5O2S/c1-13-8-17(26-23-13)16-10-21-22-19(16)14-4-2-6-24(11-14)12-18(25)20-9-15-5-3-7-27-15/h3,5,7-8,10,14H,2,4,6,9,11-12H2,1H3,(H,20,25)(H,21,22)/t14-/m0/s1. The molecular formula is C19H23N5O2S. The van der Waals surface area contributed by atoms with Crippen molar-refractivity contribution in [1.29, 1.82) is 0 Å². The summed E-state index contributed by atoms with van der Waals surface area (Å²) in [5.74, 6) is 1.11. The maximum Gasteiger partial charge on any atom is 0.234 e. The highest BCUT2D eigenvalue weighted by Gasteiger charge is 2.27. The Labute approximate surface area is 161 Å². The SMILES string of the molecule is Cc1cc(-c2cn[nH]c2[C@H]2CCCN(CC(=O)NCc3cccs3)C2)on1. The molecule has 1 aliphatic heterocycles. The lowest BCUT2D eigenvalue weighted by atomic mass is 9.92. The van der Waals surface area contributed by atoms with E-state index < -0.39 is 0 Å². The number of carbonyl (C=O) groups excluding carboxylic acids is 1. The van der Waals surface area contributed by atoms with Gasteiger partial charge in [0, 0.05) is 23.4 Å². The van der Waals surface area contributed by atoms with Gasteiger partial charge in [-0.1, -0.05) is 11.2 Å². The monoisotopic (exact) mass is 385 g/mol. The van der Waals surface area contributed by atoms with E-state index in [9.17, 15) is 4.79 Å². The minimum absolute atomic E-state index is 0.0692. The molecule has 0 radical (unpaired) electrons. The number of carbonyl (C=O) groups is 1. The zero-order valence-electron chi connectivity index (χ0n) is 15.3. The number of hydrogen-bond acceptors (Lipinski definition) is 6. The van der Waals surface area contributed by atoms with Crippen LogP contribution in [-0.2, 0) is 11.3 Å². The molecule has 4 heterocycles. The predicted molar refractivity (Wildman–Crippen MR) is 103 cm³/mol. The van der Waals surface area contributed by atoms with Crippen LogP contribution < -0.4 is 5.32 Å². The van der Waals surface area contributed by atoms with Crippen LogP contribution in [0.2, 0.25) is 0 Å². The Kier molecular flexibility index (Phi) is 5.35. The number of aryl methyl sites for hydroxylation is 1. The second-order valence-corrected chi connectivity index (χ2v) is 7.99. The van der Waals surface area contributed by atoms with Crippen LogP contribution >= 0.6 is 11.3 Å². The lowest BCUT2D eigenvalue weighted by Crippen LogP contribution is -2.41. The summed E-state index contributed by atoms with van der Waals surface area (Å²) in [6, 6.07) is 5.96. The van der Waals surface area contributed by atoms with Crippen LogP contribution in [0.1, 0.15) is 35.0 Å². The summed E-state index contributed by atoms with van der Waals surface area (Å²) in [7, 11) is 0. The zero-order valence-corrected chi connectivity index (χ0v) is 16.1. The van der Waals surface area contributed by atoms with Crippen LogP contribution in [0.15, 0.2) is 34.3 Å². The van der Waals surface area contributed by atoms with Gasteiger partial charge in [-0.3, -0.25) is 14.8 Å². The summed E-state index contributed by atoms with van der Waals surface area (Å²) in [5.41, 5.74) is 2.88. The van der Waals surface area contributed by atoms with Crippen LogP contribution in [0.4, 0.5) is 0 Å².